The molecule has 0 aromatic heterocycles. The third-order valence-electron chi connectivity index (χ3n) is 1.89. The molecule has 2 rings (SSSR count). The molecule has 0 fully saturated rings. The number of phenols is 1. The molecule has 0 saturated carbocycles. The molecule has 1 radical (unpaired) electrons. The number of rotatable bonds is 1. The number of benzene rings is 2. The number of phenolic OH excluding ortho intramolecular Hbond substituents is 1. The first-order valence-electron chi connectivity index (χ1n) is 4.12. The molecule has 0 amide bonds. The van der Waals surface area contributed by atoms with Crippen LogP contribution in [0.1, 0.15) is 0 Å². The van der Waals surface area contributed by atoms with E-state index in [0.29, 0.717) is 5.75 Å². The van der Waals surface area contributed by atoms with Gasteiger partial charge in [-0.2, -0.15) is 0 Å². The Morgan fingerprint density at radius 3 is 2.31 bits per heavy atom. The summed E-state index contributed by atoms with van der Waals surface area (Å²) in [5.74, 6) is 0.291. The minimum absolute atomic E-state index is 0.291. The van der Waals surface area contributed by atoms with E-state index in [1.165, 1.54) is 0 Å². The normalized spacial score (nSPS) is 9.85. The molecule has 1 N–H and O–H groups in total. The first-order valence-corrected chi connectivity index (χ1v) is 4.12. The maximum Gasteiger partial charge on any atom is 0.115 e. The van der Waals surface area contributed by atoms with Crippen molar-refractivity contribution in [3.63, 3.8) is 0 Å². The van der Waals surface area contributed by atoms with Crippen LogP contribution >= 0.6 is 0 Å². The quantitative estimate of drug-likeness (QED) is 0.696. The van der Waals surface area contributed by atoms with E-state index in [4.69, 9.17) is 5.11 Å². The van der Waals surface area contributed by atoms with E-state index >= 15 is 0 Å². The van der Waals surface area contributed by atoms with Gasteiger partial charge in [0.15, 0.2) is 0 Å². The summed E-state index contributed by atoms with van der Waals surface area (Å²) in [6, 6.07) is 18.0. The number of hydrogen-bond acceptors (Lipinski definition) is 1. The smallest absolute Gasteiger partial charge is 0.115 e. The zero-order chi connectivity index (χ0) is 9.10. The maximum absolute atomic E-state index is 9.09. The Morgan fingerprint density at radius 2 is 1.69 bits per heavy atom. The van der Waals surface area contributed by atoms with Crippen LogP contribution in [0.15, 0.2) is 48.5 Å². The van der Waals surface area contributed by atoms with E-state index in [2.05, 4.69) is 6.07 Å². The maximum atomic E-state index is 9.09. The van der Waals surface area contributed by atoms with E-state index in [1.54, 1.807) is 12.1 Å². The second kappa shape index (κ2) is 3.31. The molecule has 63 valence electrons. The first kappa shape index (κ1) is 7.87. The van der Waals surface area contributed by atoms with Gasteiger partial charge in [-0.1, -0.05) is 36.4 Å². The van der Waals surface area contributed by atoms with Crippen LogP contribution < -0.4 is 0 Å². The van der Waals surface area contributed by atoms with Crippen LogP contribution in [0.2, 0.25) is 0 Å². The van der Waals surface area contributed by atoms with Gasteiger partial charge in [0.05, 0.1) is 0 Å². The standard InChI is InChI=1S/C12H9O/c13-12-8-6-11(7-9-12)10-4-2-1-3-5-10/h1-4,6-9,13H. The lowest BCUT2D eigenvalue weighted by Crippen LogP contribution is -1.75. The zero-order valence-corrected chi connectivity index (χ0v) is 7.07. The Hall–Kier alpha value is -1.76. The van der Waals surface area contributed by atoms with Crippen LogP contribution in [0, 0.1) is 6.07 Å². The highest BCUT2D eigenvalue weighted by Crippen LogP contribution is 2.20. The summed E-state index contributed by atoms with van der Waals surface area (Å²) in [6.07, 6.45) is 0. The molecular weight excluding hydrogens is 160 g/mol. The van der Waals surface area contributed by atoms with Crippen molar-refractivity contribution < 1.29 is 5.11 Å². The molecule has 0 saturated heterocycles. The van der Waals surface area contributed by atoms with Crippen LogP contribution in [0.5, 0.6) is 5.75 Å². The van der Waals surface area contributed by atoms with Gasteiger partial charge in [-0.25, -0.2) is 0 Å². The van der Waals surface area contributed by atoms with Gasteiger partial charge < -0.3 is 5.11 Å². The minimum atomic E-state index is 0.291. The van der Waals surface area contributed by atoms with Gasteiger partial charge in [0.2, 0.25) is 0 Å². The second-order valence-electron chi connectivity index (χ2n) is 2.82. The Morgan fingerprint density at radius 1 is 0.923 bits per heavy atom. The van der Waals surface area contributed by atoms with Gasteiger partial charge in [0, 0.05) is 0 Å². The lowest BCUT2D eigenvalue weighted by molar-refractivity contribution is 0.475. The summed E-state index contributed by atoms with van der Waals surface area (Å²) < 4.78 is 0. The monoisotopic (exact) mass is 169 g/mol. The highest BCUT2D eigenvalue weighted by atomic mass is 16.3. The molecule has 13 heavy (non-hydrogen) atoms. The lowest BCUT2D eigenvalue weighted by atomic mass is 10.1. The summed E-state index contributed by atoms with van der Waals surface area (Å²) in [7, 11) is 0. The Labute approximate surface area is 77.3 Å². The summed E-state index contributed by atoms with van der Waals surface area (Å²) in [6.45, 7) is 0. The number of aromatic hydroxyl groups is 1. The van der Waals surface area contributed by atoms with Gasteiger partial charge in [-0.15, -0.1) is 0 Å². The fourth-order valence-electron chi connectivity index (χ4n) is 1.21. The van der Waals surface area contributed by atoms with Crippen molar-refractivity contribution in [3.05, 3.63) is 54.6 Å². The largest absolute Gasteiger partial charge is 0.508 e. The molecular formula is C12H9O. The van der Waals surface area contributed by atoms with Gasteiger partial charge in [0.25, 0.3) is 0 Å². The zero-order valence-electron chi connectivity index (χ0n) is 7.07. The molecule has 0 bridgehead atoms. The SMILES string of the molecule is Oc1ccc(-c2[c]cccc2)cc1. The minimum Gasteiger partial charge on any atom is -0.508 e. The first-order chi connectivity index (χ1) is 6.36. The summed E-state index contributed by atoms with van der Waals surface area (Å²) in [5, 5.41) is 9.09. The fraction of sp³-hybridized carbons (Fsp3) is 0. The summed E-state index contributed by atoms with van der Waals surface area (Å²) in [4.78, 5) is 0. The average Bonchev–Trinajstić information content (AvgIpc) is 2.20. The highest BCUT2D eigenvalue weighted by Gasteiger charge is 1.95. The molecule has 0 heterocycles. The topological polar surface area (TPSA) is 20.2 Å². The van der Waals surface area contributed by atoms with Gasteiger partial charge >= 0.3 is 0 Å². The Bertz CT molecular complexity index is 376. The van der Waals surface area contributed by atoms with E-state index < -0.39 is 0 Å². The van der Waals surface area contributed by atoms with E-state index in [0.717, 1.165) is 11.1 Å². The molecule has 0 aliphatic carbocycles. The molecule has 0 aliphatic rings. The van der Waals surface area contributed by atoms with Crippen LogP contribution in [0.25, 0.3) is 11.1 Å². The second-order valence-corrected chi connectivity index (χ2v) is 2.82. The predicted molar refractivity (Wildman–Crippen MR) is 52.4 cm³/mol. The van der Waals surface area contributed by atoms with Crippen LogP contribution in [-0.2, 0) is 0 Å². The van der Waals surface area contributed by atoms with Crippen LogP contribution in [0.3, 0.4) is 0 Å². The van der Waals surface area contributed by atoms with Gasteiger partial charge in [0.1, 0.15) is 5.75 Å². The van der Waals surface area contributed by atoms with Crippen molar-refractivity contribution in [1.82, 2.24) is 0 Å². The van der Waals surface area contributed by atoms with Crippen LogP contribution in [0.4, 0.5) is 0 Å². The van der Waals surface area contributed by atoms with Crippen LogP contribution in [-0.4, -0.2) is 5.11 Å². The van der Waals surface area contributed by atoms with E-state index in [9.17, 15) is 0 Å². The fourth-order valence-corrected chi connectivity index (χ4v) is 1.21. The Kier molecular flexibility index (Phi) is 2.01. The summed E-state index contributed by atoms with van der Waals surface area (Å²) >= 11 is 0. The van der Waals surface area contributed by atoms with Crippen molar-refractivity contribution in [2.75, 3.05) is 0 Å². The lowest BCUT2D eigenvalue weighted by Gasteiger charge is -1.99. The van der Waals surface area contributed by atoms with Crippen molar-refractivity contribution in [1.29, 1.82) is 0 Å². The number of hydrogen-bond donors (Lipinski definition) is 1. The average molecular weight is 169 g/mol. The summed E-state index contributed by atoms with van der Waals surface area (Å²) in [5.41, 5.74) is 2.11. The molecule has 0 atom stereocenters. The molecule has 2 aromatic rings. The van der Waals surface area contributed by atoms with Gasteiger partial charge in [-0.3, -0.25) is 0 Å². The van der Waals surface area contributed by atoms with Crippen molar-refractivity contribution >= 4 is 0 Å². The van der Waals surface area contributed by atoms with Crippen molar-refractivity contribution in [3.8, 4) is 16.9 Å². The molecule has 1 heteroatoms. The van der Waals surface area contributed by atoms with E-state index in [-0.39, 0.29) is 0 Å². The predicted octanol–water partition coefficient (Wildman–Crippen LogP) is 2.86. The molecule has 1 nitrogen and oxygen atoms in total. The Balaban J connectivity index is 2.42. The third kappa shape index (κ3) is 1.70. The molecule has 2 aromatic carbocycles. The van der Waals surface area contributed by atoms with E-state index in [1.807, 2.05) is 36.4 Å². The van der Waals surface area contributed by atoms with Gasteiger partial charge in [-0.05, 0) is 29.3 Å². The molecule has 0 aliphatic heterocycles. The van der Waals surface area contributed by atoms with Crippen molar-refractivity contribution in [2.45, 2.75) is 0 Å². The molecule has 0 spiro atoms. The molecule has 0 unspecified atom stereocenters. The highest BCUT2D eigenvalue weighted by molar-refractivity contribution is 5.63. The van der Waals surface area contributed by atoms with Crippen molar-refractivity contribution in [2.24, 2.45) is 0 Å². The third-order valence-corrected chi connectivity index (χ3v) is 1.89.